The number of hydrogen-bond donors (Lipinski definition) is 2. The van der Waals surface area contributed by atoms with Gasteiger partial charge in [0.25, 0.3) is 0 Å². The number of nitrogens with zero attached hydrogens (tertiary/aromatic N) is 2. The van der Waals surface area contributed by atoms with Crippen LogP contribution >= 0.6 is 24.8 Å². The summed E-state index contributed by atoms with van der Waals surface area (Å²) >= 11 is 0. The monoisotopic (exact) mass is 364 g/mol. The first-order valence-corrected chi connectivity index (χ1v) is 7.44. The van der Waals surface area contributed by atoms with E-state index in [9.17, 15) is 4.79 Å². The summed E-state index contributed by atoms with van der Waals surface area (Å²) in [6, 6.07) is 6.22. The Hall–Kier alpha value is -1.08. The molecule has 1 amide bonds. The number of amides is 1. The van der Waals surface area contributed by atoms with Gasteiger partial charge in [0.1, 0.15) is 5.82 Å². The minimum absolute atomic E-state index is 0. The molecule has 1 fully saturated rings. The zero-order valence-electron chi connectivity index (χ0n) is 13.4. The van der Waals surface area contributed by atoms with Crippen LogP contribution in [0.1, 0.15) is 12.8 Å². The molecule has 1 aromatic heterocycles. The number of pyridine rings is 1. The summed E-state index contributed by atoms with van der Waals surface area (Å²) in [6.07, 6.45) is 3.73. The largest absolute Gasteiger partial charge is 0.383 e. The molecule has 1 aromatic rings. The molecule has 0 spiro atoms. The van der Waals surface area contributed by atoms with Crippen LogP contribution in [0.4, 0.5) is 5.82 Å². The van der Waals surface area contributed by atoms with Crippen molar-refractivity contribution in [3.8, 4) is 0 Å². The van der Waals surface area contributed by atoms with E-state index < -0.39 is 0 Å². The Morgan fingerprint density at radius 2 is 2.09 bits per heavy atom. The van der Waals surface area contributed by atoms with Crippen molar-refractivity contribution in [3.63, 3.8) is 0 Å². The zero-order chi connectivity index (χ0) is 14.9. The summed E-state index contributed by atoms with van der Waals surface area (Å²) in [4.78, 5) is 18.4. The summed E-state index contributed by atoms with van der Waals surface area (Å²) in [5, 5.41) is 6.13. The lowest BCUT2D eigenvalue weighted by atomic mass is 10.0. The molecule has 0 radical (unpaired) electrons. The maximum Gasteiger partial charge on any atom is 0.234 e. The SMILES string of the molecule is COCCNCC(=O)NC1CCN(c2ccccn2)CC1.Cl.Cl. The van der Waals surface area contributed by atoms with Crippen molar-refractivity contribution in [3.05, 3.63) is 24.4 Å². The normalized spacial score (nSPS) is 14.6. The van der Waals surface area contributed by atoms with E-state index in [1.165, 1.54) is 0 Å². The van der Waals surface area contributed by atoms with Gasteiger partial charge in [-0.05, 0) is 25.0 Å². The van der Waals surface area contributed by atoms with Crippen molar-refractivity contribution in [2.75, 3.05) is 44.8 Å². The maximum absolute atomic E-state index is 11.8. The Kier molecular flexibility index (Phi) is 11.8. The molecular formula is C15H26Cl2N4O2. The second kappa shape index (κ2) is 12.4. The lowest BCUT2D eigenvalue weighted by Crippen LogP contribution is -2.47. The standard InChI is InChI=1S/C15H24N4O2.2ClH/c1-21-11-8-16-12-15(20)18-13-5-9-19(10-6-13)14-4-2-3-7-17-14;;/h2-4,7,13,16H,5-6,8-12H2,1H3,(H,18,20);2*1H. The predicted molar refractivity (Wildman–Crippen MR) is 96.9 cm³/mol. The second-order valence-electron chi connectivity index (χ2n) is 5.19. The average Bonchev–Trinajstić information content (AvgIpc) is 2.53. The lowest BCUT2D eigenvalue weighted by molar-refractivity contribution is -0.121. The molecule has 8 heteroatoms. The molecule has 0 bridgehead atoms. The van der Waals surface area contributed by atoms with E-state index in [2.05, 4.69) is 20.5 Å². The molecule has 0 atom stereocenters. The number of piperidine rings is 1. The van der Waals surface area contributed by atoms with Gasteiger partial charge in [-0.15, -0.1) is 24.8 Å². The van der Waals surface area contributed by atoms with Gasteiger partial charge >= 0.3 is 0 Å². The molecule has 0 aliphatic carbocycles. The number of halogens is 2. The zero-order valence-corrected chi connectivity index (χ0v) is 15.0. The number of aromatic nitrogens is 1. The van der Waals surface area contributed by atoms with Gasteiger partial charge in [0.2, 0.25) is 5.91 Å². The number of rotatable bonds is 7. The number of hydrogen-bond acceptors (Lipinski definition) is 5. The summed E-state index contributed by atoms with van der Waals surface area (Å²) < 4.78 is 4.92. The molecule has 2 heterocycles. The third kappa shape index (κ3) is 7.83. The fourth-order valence-corrected chi connectivity index (χ4v) is 2.45. The first-order valence-electron chi connectivity index (χ1n) is 7.44. The van der Waals surface area contributed by atoms with Gasteiger partial charge in [-0.25, -0.2) is 4.98 Å². The van der Waals surface area contributed by atoms with Gasteiger partial charge in [0.15, 0.2) is 0 Å². The Labute approximate surface area is 150 Å². The van der Waals surface area contributed by atoms with Gasteiger partial charge in [-0.1, -0.05) is 6.07 Å². The van der Waals surface area contributed by atoms with Crippen LogP contribution in [0, 0.1) is 0 Å². The molecule has 0 saturated carbocycles. The van der Waals surface area contributed by atoms with E-state index in [-0.39, 0.29) is 36.8 Å². The van der Waals surface area contributed by atoms with Crippen molar-refractivity contribution in [1.82, 2.24) is 15.6 Å². The number of ether oxygens (including phenoxy) is 1. The van der Waals surface area contributed by atoms with Gasteiger partial charge in [-0.3, -0.25) is 4.79 Å². The fraction of sp³-hybridized carbons (Fsp3) is 0.600. The first kappa shape index (κ1) is 21.9. The highest BCUT2D eigenvalue weighted by molar-refractivity contribution is 5.85. The Morgan fingerprint density at radius 1 is 1.35 bits per heavy atom. The Balaban J connectivity index is 0.00000242. The van der Waals surface area contributed by atoms with Crippen molar-refractivity contribution < 1.29 is 9.53 Å². The van der Waals surface area contributed by atoms with E-state index >= 15 is 0 Å². The highest BCUT2D eigenvalue weighted by Gasteiger charge is 2.21. The summed E-state index contributed by atoms with van der Waals surface area (Å²) in [5.41, 5.74) is 0. The molecule has 6 nitrogen and oxygen atoms in total. The first-order chi connectivity index (χ1) is 10.3. The number of nitrogens with one attached hydrogen (secondary N) is 2. The molecule has 0 aromatic carbocycles. The molecule has 0 unspecified atom stereocenters. The van der Waals surface area contributed by atoms with Gasteiger partial charge in [-0.2, -0.15) is 0 Å². The molecule has 1 aliphatic rings. The van der Waals surface area contributed by atoms with Crippen molar-refractivity contribution in [1.29, 1.82) is 0 Å². The smallest absolute Gasteiger partial charge is 0.234 e. The van der Waals surface area contributed by atoms with Crippen LogP contribution in [-0.4, -0.2) is 56.8 Å². The number of methoxy groups -OCH3 is 1. The van der Waals surface area contributed by atoms with Crippen molar-refractivity contribution >= 4 is 36.5 Å². The highest BCUT2D eigenvalue weighted by atomic mass is 35.5. The molecule has 1 saturated heterocycles. The summed E-state index contributed by atoms with van der Waals surface area (Å²) in [6.45, 7) is 3.53. The second-order valence-corrected chi connectivity index (χ2v) is 5.19. The Bertz CT molecular complexity index is 429. The van der Waals surface area contributed by atoms with Crippen LogP contribution < -0.4 is 15.5 Å². The summed E-state index contributed by atoms with van der Waals surface area (Å²) in [7, 11) is 1.65. The van der Waals surface area contributed by atoms with Crippen LogP contribution in [0.25, 0.3) is 0 Å². The van der Waals surface area contributed by atoms with Crippen LogP contribution in [0.3, 0.4) is 0 Å². The van der Waals surface area contributed by atoms with Crippen LogP contribution in [0.15, 0.2) is 24.4 Å². The minimum Gasteiger partial charge on any atom is -0.383 e. The molecular weight excluding hydrogens is 339 g/mol. The van der Waals surface area contributed by atoms with Gasteiger partial charge in [0, 0.05) is 39.0 Å². The van der Waals surface area contributed by atoms with Crippen LogP contribution in [0.2, 0.25) is 0 Å². The van der Waals surface area contributed by atoms with E-state index in [1.807, 2.05) is 24.4 Å². The third-order valence-electron chi connectivity index (χ3n) is 3.60. The van der Waals surface area contributed by atoms with E-state index in [1.54, 1.807) is 7.11 Å². The molecule has 23 heavy (non-hydrogen) atoms. The molecule has 1 aliphatic heterocycles. The number of anilines is 1. The summed E-state index contributed by atoms with van der Waals surface area (Å²) in [5.74, 6) is 1.07. The highest BCUT2D eigenvalue weighted by Crippen LogP contribution is 2.16. The number of carbonyl (C=O) groups is 1. The average molecular weight is 365 g/mol. The fourth-order valence-electron chi connectivity index (χ4n) is 2.45. The predicted octanol–water partition coefficient (Wildman–Crippen LogP) is 1.25. The quantitative estimate of drug-likeness (QED) is 0.712. The lowest BCUT2D eigenvalue weighted by Gasteiger charge is -2.33. The van der Waals surface area contributed by atoms with Crippen LogP contribution in [0.5, 0.6) is 0 Å². The van der Waals surface area contributed by atoms with Gasteiger partial charge < -0.3 is 20.3 Å². The van der Waals surface area contributed by atoms with E-state index in [0.717, 1.165) is 31.7 Å². The van der Waals surface area contributed by atoms with Crippen molar-refractivity contribution in [2.24, 2.45) is 0 Å². The number of carbonyl (C=O) groups excluding carboxylic acids is 1. The molecule has 132 valence electrons. The molecule has 2 N–H and O–H groups in total. The Morgan fingerprint density at radius 3 is 2.70 bits per heavy atom. The van der Waals surface area contributed by atoms with Crippen LogP contribution in [-0.2, 0) is 9.53 Å². The molecule has 2 rings (SSSR count). The third-order valence-corrected chi connectivity index (χ3v) is 3.60. The maximum atomic E-state index is 11.8. The van der Waals surface area contributed by atoms with Crippen molar-refractivity contribution in [2.45, 2.75) is 18.9 Å². The van der Waals surface area contributed by atoms with Gasteiger partial charge in [0.05, 0.1) is 13.2 Å². The minimum atomic E-state index is 0. The van der Waals surface area contributed by atoms with E-state index in [0.29, 0.717) is 19.7 Å². The van der Waals surface area contributed by atoms with E-state index in [4.69, 9.17) is 4.74 Å². The topological polar surface area (TPSA) is 66.5 Å².